The molecule has 1 heterocycles. The summed E-state index contributed by atoms with van der Waals surface area (Å²) in [6.07, 6.45) is 1.74. The Kier molecular flexibility index (Phi) is 8.38. The van der Waals surface area contributed by atoms with E-state index in [0.717, 1.165) is 0 Å². The van der Waals surface area contributed by atoms with Gasteiger partial charge in [0.1, 0.15) is 5.84 Å². The molecule has 1 radical (unpaired) electrons. The summed E-state index contributed by atoms with van der Waals surface area (Å²) in [5.41, 5.74) is 4.95. The predicted molar refractivity (Wildman–Crippen MR) is 77.0 cm³/mol. The van der Waals surface area contributed by atoms with Crippen LogP contribution in [0.5, 0.6) is 0 Å². The second kappa shape index (κ2) is 8.61. The molecule has 0 saturated heterocycles. The normalized spacial score (nSPS) is 12.9. The van der Waals surface area contributed by atoms with Crippen molar-refractivity contribution in [3.05, 3.63) is 28.8 Å². The summed E-state index contributed by atoms with van der Waals surface area (Å²) in [6, 6.07) is 4.33. The molecule has 0 unspecified atom stereocenters. The number of hydrogen-bond acceptors (Lipinski definition) is 3. The first-order chi connectivity index (χ1) is 8.49. The van der Waals surface area contributed by atoms with E-state index in [2.05, 4.69) is 65.5 Å². The molecular formula is C12H15Cl2N3OV. The summed E-state index contributed by atoms with van der Waals surface area (Å²) >= 11 is 8.53. The van der Waals surface area contributed by atoms with Crippen LogP contribution in [0.15, 0.2) is 17.1 Å². The monoisotopic (exact) mass is 338 g/mol. The number of halogens is 2. The minimum atomic E-state index is 0. The zero-order chi connectivity index (χ0) is 13.7. The zero-order valence-corrected chi connectivity index (χ0v) is 13.9. The van der Waals surface area contributed by atoms with Gasteiger partial charge in [0.25, 0.3) is 0 Å². The van der Waals surface area contributed by atoms with Crippen molar-refractivity contribution in [3.63, 3.8) is 0 Å². The number of anilines is 1. The fourth-order valence-electron chi connectivity index (χ4n) is 2.14. The van der Waals surface area contributed by atoms with Crippen LogP contribution in [0.1, 0.15) is 16.7 Å². The Morgan fingerprint density at radius 3 is 2.05 bits per heavy atom. The molecule has 4 nitrogen and oxygen atoms in total. The molecule has 7 heteroatoms. The van der Waals surface area contributed by atoms with Crippen LogP contribution in [0.4, 0.5) is 5.69 Å². The summed E-state index contributed by atoms with van der Waals surface area (Å²) in [4.78, 5) is 6.02. The first kappa shape index (κ1) is 18.5. The number of aliphatic imine (C=N–C) groups is 1. The van der Waals surface area contributed by atoms with Crippen molar-refractivity contribution in [1.29, 1.82) is 5.41 Å². The zero-order valence-electron chi connectivity index (χ0n) is 10.9. The Morgan fingerprint density at radius 2 is 1.68 bits per heavy atom. The smallest absolute Gasteiger partial charge is 0.142 e. The van der Waals surface area contributed by atoms with E-state index in [-0.39, 0.29) is 18.6 Å². The second-order valence-corrected chi connectivity index (χ2v) is 4.59. The number of aryl methyl sites for hydroxylation is 3. The number of amidine groups is 1. The van der Waals surface area contributed by atoms with Gasteiger partial charge >= 0.3 is 0 Å². The van der Waals surface area contributed by atoms with Gasteiger partial charge in [0.15, 0.2) is 0 Å². The van der Waals surface area contributed by atoms with Crippen LogP contribution in [-0.4, -0.2) is 18.7 Å². The summed E-state index contributed by atoms with van der Waals surface area (Å²) in [6.45, 7) is 6.89. The van der Waals surface area contributed by atoms with E-state index in [0.29, 0.717) is 12.4 Å². The third kappa shape index (κ3) is 5.17. The number of benzene rings is 1. The summed E-state index contributed by atoms with van der Waals surface area (Å²) in [5.74, 6) is 0.425. The van der Waals surface area contributed by atoms with Gasteiger partial charge in [0.05, 0.1) is 36.6 Å². The molecule has 1 aromatic carbocycles. The van der Waals surface area contributed by atoms with Crippen molar-refractivity contribution < 1.29 is 22.4 Å². The number of nitrogens with one attached hydrogen (secondary N) is 1. The van der Waals surface area contributed by atoms with Gasteiger partial charge in [0, 0.05) is 24.2 Å². The first-order valence-corrected chi connectivity index (χ1v) is 5.96. The fraction of sp³-hybridized carbons (Fsp3) is 0.333. The molecule has 0 fully saturated rings. The van der Waals surface area contributed by atoms with Crippen molar-refractivity contribution >= 4 is 41.6 Å². The molecule has 0 aromatic heterocycles. The van der Waals surface area contributed by atoms with Crippen LogP contribution >= 0.6 is 23.7 Å². The second-order valence-electron chi connectivity index (χ2n) is 4.12. The van der Waals surface area contributed by atoms with Crippen LogP contribution in [0.2, 0.25) is 0 Å². The summed E-state index contributed by atoms with van der Waals surface area (Å²) in [7, 11) is 0. The van der Waals surface area contributed by atoms with E-state index in [1.165, 1.54) is 22.4 Å². The number of nitrogens with zero attached hydrogens (tertiary/aromatic N) is 2. The number of hydrogen-bond donors (Lipinski definition) is 1. The minimum Gasteiger partial charge on any atom is -0.324 e. The Bertz CT molecular complexity index is 457. The third-order valence-corrected chi connectivity index (χ3v) is 2.60. The van der Waals surface area contributed by atoms with Gasteiger partial charge in [0.2, 0.25) is 0 Å². The molecule has 1 aromatic rings. The van der Waals surface area contributed by atoms with E-state index < -0.39 is 0 Å². The Hall–Kier alpha value is -0.516. The van der Waals surface area contributed by atoms with E-state index in [4.69, 9.17) is 5.41 Å². The van der Waals surface area contributed by atoms with E-state index in [9.17, 15) is 0 Å². The van der Waals surface area contributed by atoms with Gasteiger partial charge in [-0.15, -0.1) is 0 Å². The maximum absolute atomic E-state index is 7.47. The Morgan fingerprint density at radius 1 is 1.21 bits per heavy atom. The average molecular weight is 339 g/mol. The first-order valence-electron chi connectivity index (χ1n) is 5.35. The molecule has 1 aliphatic heterocycles. The summed E-state index contributed by atoms with van der Waals surface area (Å²) in [5, 5.41) is 7.47. The van der Waals surface area contributed by atoms with Crippen molar-refractivity contribution in [2.45, 2.75) is 20.8 Å². The maximum Gasteiger partial charge on any atom is 0.142 e. The molecule has 0 aliphatic carbocycles. The number of rotatable bonds is 1. The fourth-order valence-corrected chi connectivity index (χ4v) is 2.14. The molecule has 1 aliphatic rings. The molecular weight excluding hydrogens is 324 g/mol. The van der Waals surface area contributed by atoms with Crippen molar-refractivity contribution in [1.82, 2.24) is 0 Å². The van der Waals surface area contributed by atoms with E-state index in [1.807, 2.05) is 4.90 Å². The predicted octanol–water partition coefficient (Wildman–Crippen LogP) is 3.75. The van der Waals surface area contributed by atoms with Crippen molar-refractivity contribution in [3.8, 4) is 0 Å². The molecule has 103 valence electrons. The molecule has 0 saturated carbocycles. The van der Waals surface area contributed by atoms with Crippen LogP contribution in [0.3, 0.4) is 0 Å². The Labute approximate surface area is 135 Å². The SMILES string of the molecule is Cc1cc(C)c(N2C=NC(=N)C2)c(C)c1.ClOCl.[V]. The summed E-state index contributed by atoms with van der Waals surface area (Å²) < 4.78 is 3.19. The van der Waals surface area contributed by atoms with Crippen molar-refractivity contribution in [2.75, 3.05) is 11.4 Å². The van der Waals surface area contributed by atoms with E-state index in [1.54, 1.807) is 6.34 Å². The average Bonchev–Trinajstić information content (AvgIpc) is 2.64. The quantitative estimate of drug-likeness (QED) is 0.847. The molecule has 1 N–H and O–H groups in total. The minimum absolute atomic E-state index is 0. The topological polar surface area (TPSA) is 48.7 Å². The molecule has 0 amide bonds. The van der Waals surface area contributed by atoms with Crippen LogP contribution in [0.25, 0.3) is 0 Å². The Balaban J connectivity index is 0.000000742. The molecule has 0 atom stereocenters. The maximum atomic E-state index is 7.47. The van der Waals surface area contributed by atoms with Crippen LogP contribution in [0, 0.1) is 26.2 Å². The van der Waals surface area contributed by atoms with Gasteiger partial charge < -0.3 is 4.90 Å². The van der Waals surface area contributed by atoms with Gasteiger partial charge in [-0.25, -0.2) is 4.99 Å². The molecule has 2 rings (SSSR count). The van der Waals surface area contributed by atoms with Crippen LogP contribution in [-0.2, 0) is 22.4 Å². The van der Waals surface area contributed by atoms with Crippen molar-refractivity contribution in [2.24, 2.45) is 4.99 Å². The van der Waals surface area contributed by atoms with Gasteiger partial charge in [-0.2, -0.15) is 3.84 Å². The molecule has 0 bridgehead atoms. The van der Waals surface area contributed by atoms with Gasteiger partial charge in [-0.3, -0.25) is 5.41 Å². The third-order valence-electron chi connectivity index (χ3n) is 2.60. The van der Waals surface area contributed by atoms with Crippen LogP contribution < -0.4 is 4.90 Å². The van der Waals surface area contributed by atoms with Gasteiger partial charge in [-0.1, -0.05) is 17.7 Å². The molecule has 0 spiro atoms. The largest absolute Gasteiger partial charge is 0.324 e. The van der Waals surface area contributed by atoms with Gasteiger partial charge in [-0.05, 0) is 31.9 Å². The van der Waals surface area contributed by atoms with E-state index >= 15 is 0 Å². The molecule has 19 heavy (non-hydrogen) atoms. The standard InChI is InChI=1S/C12H15N3.Cl2O.V/c1-8-4-9(2)12(10(3)5-8)15-6-11(13)14-7-15;1-3-2;/h4-5,7,13H,6H2,1-3H3;;.